The quantitative estimate of drug-likeness (QED) is 0.0997. The number of aliphatic hydroxyl groups excluding tert-OH is 2. The summed E-state index contributed by atoms with van der Waals surface area (Å²) in [6, 6.07) is 9.50. The third kappa shape index (κ3) is 7.76. The van der Waals surface area contributed by atoms with Gasteiger partial charge in [0.15, 0.2) is 6.10 Å². The summed E-state index contributed by atoms with van der Waals surface area (Å²) in [6.45, 7) is 11.8. The Bertz CT molecular complexity index is 1380. The predicted molar refractivity (Wildman–Crippen MR) is 174 cm³/mol. The number of fused-ring (bicyclic) bond motifs is 2. The standard InChI is InChI=1S/C36H50O13/c1-9-21(2)19-22(3)15-16-26(37)47-29-28(39)34(18-17-23(4)27(38)24(5)20-25-13-11-10-12-14-25)48-30(31(40)44-6)35(43,32(41)45-7)36(29,49-34)33(42)46-8/h10-16,21-22,24,27-30,38-39,43H,4,9,17-20H2,1-3,5-8H3/b16-15+/t21-,22+,24+,27+,28+,29+,30+,34+,35+,36+/m0/s1. The first-order valence-corrected chi connectivity index (χ1v) is 16.4. The Kier molecular flexibility index (Phi) is 13.3. The van der Waals surface area contributed by atoms with Gasteiger partial charge < -0.3 is 43.7 Å². The number of carbonyl (C=O) groups is 4. The van der Waals surface area contributed by atoms with Gasteiger partial charge in [0, 0.05) is 12.5 Å². The molecule has 2 heterocycles. The lowest BCUT2D eigenvalue weighted by Gasteiger charge is -2.49. The van der Waals surface area contributed by atoms with E-state index in [9.17, 15) is 34.5 Å². The number of aliphatic hydroxyl groups is 3. The topological polar surface area (TPSA) is 184 Å². The number of methoxy groups -OCH3 is 3. The summed E-state index contributed by atoms with van der Waals surface area (Å²) in [5.74, 6) is -7.80. The average Bonchev–Trinajstić information content (AvgIpc) is 3.31. The zero-order chi connectivity index (χ0) is 36.7. The van der Waals surface area contributed by atoms with Crippen LogP contribution >= 0.6 is 0 Å². The molecule has 0 aliphatic carbocycles. The molecule has 0 spiro atoms. The molecular formula is C36H50O13. The number of hydrogen-bond acceptors (Lipinski definition) is 13. The van der Waals surface area contributed by atoms with Crippen LogP contribution in [0.5, 0.6) is 0 Å². The summed E-state index contributed by atoms with van der Waals surface area (Å²) < 4.78 is 32.1. The van der Waals surface area contributed by atoms with Gasteiger partial charge in [-0.2, -0.15) is 0 Å². The average molecular weight is 691 g/mol. The minimum Gasteiger partial charge on any atom is -0.467 e. The molecule has 2 aliphatic heterocycles. The third-order valence-electron chi connectivity index (χ3n) is 9.56. The van der Waals surface area contributed by atoms with Crippen molar-refractivity contribution in [2.75, 3.05) is 21.3 Å². The van der Waals surface area contributed by atoms with Crippen molar-refractivity contribution in [3.05, 3.63) is 60.2 Å². The zero-order valence-electron chi connectivity index (χ0n) is 29.2. The molecule has 49 heavy (non-hydrogen) atoms. The lowest BCUT2D eigenvalue weighted by molar-refractivity contribution is -0.374. The van der Waals surface area contributed by atoms with Crippen molar-refractivity contribution in [2.24, 2.45) is 17.8 Å². The molecule has 0 radical (unpaired) electrons. The van der Waals surface area contributed by atoms with Gasteiger partial charge in [0.1, 0.15) is 6.10 Å². The van der Waals surface area contributed by atoms with E-state index in [2.05, 4.69) is 13.5 Å². The first-order valence-electron chi connectivity index (χ1n) is 16.4. The maximum Gasteiger partial charge on any atom is 0.346 e. The summed E-state index contributed by atoms with van der Waals surface area (Å²) >= 11 is 0. The summed E-state index contributed by atoms with van der Waals surface area (Å²) in [6.07, 6.45) is -3.23. The highest BCUT2D eigenvalue weighted by molar-refractivity contribution is 5.99. The first-order chi connectivity index (χ1) is 23.1. The van der Waals surface area contributed by atoms with Crippen molar-refractivity contribution in [1.82, 2.24) is 0 Å². The molecule has 10 atom stereocenters. The molecule has 1 aromatic rings. The molecule has 2 fully saturated rings. The van der Waals surface area contributed by atoms with Crippen LogP contribution in [0.15, 0.2) is 54.6 Å². The van der Waals surface area contributed by atoms with Crippen LogP contribution in [0, 0.1) is 17.8 Å². The molecule has 1 aromatic carbocycles. The Labute approximate surface area is 287 Å². The normalized spacial score (nSPS) is 30.1. The molecule has 2 saturated heterocycles. The minimum atomic E-state index is -3.39. The molecule has 13 nitrogen and oxygen atoms in total. The van der Waals surface area contributed by atoms with Crippen LogP contribution in [0.3, 0.4) is 0 Å². The highest BCUT2D eigenvalue weighted by Crippen LogP contribution is 2.56. The number of ether oxygens (including phenoxy) is 6. The van der Waals surface area contributed by atoms with E-state index in [1.165, 1.54) is 0 Å². The number of carbonyl (C=O) groups excluding carboxylic acids is 4. The van der Waals surface area contributed by atoms with Crippen molar-refractivity contribution in [3.8, 4) is 0 Å². The molecule has 272 valence electrons. The van der Waals surface area contributed by atoms with Gasteiger partial charge in [-0.05, 0) is 48.2 Å². The largest absolute Gasteiger partial charge is 0.467 e. The Balaban J connectivity index is 2.05. The minimum absolute atomic E-state index is 0.0480. The first kappa shape index (κ1) is 39.8. The number of benzene rings is 1. The number of rotatable bonds is 16. The maximum absolute atomic E-state index is 13.7. The van der Waals surface area contributed by atoms with E-state index in [0.717, 1.165) is 45.8 Å². The van der Waals surface area contributed by atoms with Gasteiger partial charge in [-0.1, -0.05) is 77.1 Å². The van der Waals surface area contributed by atoms with Crippen molar-refractivity contribution in [2.45, 2.75) is 101 Å². The molecule has 0 unspecified atom stereocenters. The van der Waals surface area contributed by atoms with Crippen LogP contribution in [0.1, 0.15) is 58.9 Å². The van der Waals surface area contributed by atoms with Crippen LogP contribution in [0.4, 0.5) is 0 Å². The number of hydrogen-bond donors (Lipinski definition) is 3. The fourth-order valence-electron chi connectivity index (χ4n) is 6.59. The summed E-state index contributed by atoms with van der Waals surface area (Å²) in [5, 5.41) is 35.0. The van der Waals surface area contributed by atoms with Crippen LogP contribution in [-0.4, -0.2) is 102 Å². The Morgan fingerprint density at radius 1 is 1.02 bits per heavy atom. The van der Waals surface area contributed by atoms with Gasteiger partial charge in [0.25, 0.3) is 5.60 Å². The number of allylic oxidation sites excluding steroid dienone is 1. The summed E-state index contributed by atoms with van der Waals surface area (Å²) in [5.41, 5.74) is -5.19. The van der Waals surface area contributed by atoms with Gasteiger partial charge >= 0.3 is 23.9 Å². The van der Waals surface area contributed by atoms with Crippen LogP contribution in [0.25, 0.3) is 0 Å². The molecule has 0 amide bonds. The van der Waals surface area contributed by atoms with Crippen LogP contribution < -0.4 is 0 Å². The maximum atomic E-state index is 13.7. The number of esters is 4. The summed E-state index contributed by atoms with van der Waals surface area (Å²) in [7, 11) is 2.73. The van der Waals surface area contributed by atoms with Gasteiger partial charge in [-0.3, -0.25) is 0 Å². The van der Waals surface area contributed by atoms with E-state index >= 15 is 0 Å². The van der Waals surface area contributed by atoms with E-state index in [0.29, 0.717) is 17.9 Å². The Morgan fingerprint density at radius 3 is 2.22 bits per heavy atom. The van der Waals surface area contributed by atoms with Crippen molar-refractivity contribution < 1.29 is 62.9 Å². The van der Waals surface area contributed by atoms with Gasteiger partial charge in [0.2, 0.25) is 17.5 Å². The molecule has 13 heteroatoms. The lowest BCUT2D eigenvalue weighted by Crippen LogP contribution is -2.78. The molecule has 3 N–H and O–H groups in total. The van der Waals surface area contributed by atoms with E-state index in [1.54, 1.807) is 6.08 Å². The van der Waals surface area contributed by atoms with E-state index in [-0.39, 0.29) is 24.7 Å². The lowest BCUT2D eigenvalue weighted by atomic mass is 9.74. The Morgan fingerprint density at radius 2 is 1.65 bits per heavy atom. The molecule has 0 saturated carbocycles. The molecule has 2 aliphatic rings. The fourth-order valence-corrected chi connectivity index (χ4v) is 6.59. The second-order valence-corrected chi connectivity index (χ2v) is 13.1. The highest BCUT2D eigenvalue weighted by atomic mass is 16.8. The Hall–Kier alpha value is -3.62. The van der Waals surface area contributed by atoms with E-state index in [1.807, 2.05) is 51.1 Å². The van der Waals surface area contributed by atoms with Crippen molar-refractivity contribution >= 4 is 23.9 Å². The van der Waals surface area contributed by atoms with Gasteiger partial charge in [-0.15, -0.1) is 0 Å². The monoisotopic (exact) mass is 690 g/mol. The molecular weight excluding hydrogens is 640 g/mol. The second-order valence-electron chi connectivity index (χ2n) is 13.1. The smallest absolute Gasteiger partial charge is 0.346 e. The van der Waals surface area contributed by atoms with Crippen molar-refractivity contribution in [1.29, 1.82) is 0 Å². The van der Waals surface area contributed by atoms with Crippen LogP contribution in [0.2, 0.25) is 0 Å². The zero-order valence-corrected chi connectivity index (χ0v) is 29.2. The third-order valence-corrected chi connectivity index (χ3v) is 9.56. The second kappa shape index (κ2) is 16.4. The summed E-state index contributed by atoms with van der Waals surface area (Å²) in [4.78, 5) is 53.5. The SMILES string of the molecule is C=C(CC[C@@]12O[C@H](C(=O)OC)[C@@](O)(C(=O)OC)[C@@](C(=O)OC)(O1)[C@H](OC(=O)/C=C/[C@@H](C)C[C@@H](C)CC)[C@H]2O)[C@@H](O)[C@H](C)Cc1ccccc1. The van der Waals surface area contributed by atoms with E-state index < -0.39 is 65.3 Å². The predicted octanol–water partition coefficient (Wildman–Crippen LogP) is 2.58. The van der Waals surface area contributed by atoms with Gasteiger partial charge in [0.05, 0.1) is 27.4 Å². The molecule has 0 aromatic heterocycles. The fraction of sp³-hybridized carbons (Fsp3) is 0.611. The molecule has 3 rings (SSSR count). The highest BCUT2D eigenvalue weighted by Gasteiger charge is 2.86. The molecule has 2 bridgehead atoms. The van der Waals surface area contributed by atoms with E-state index in [4.69, 9.17) is 28.4 Å². The van der Waals surface area contributed by atoms with Crippen molar-refractivity contribution in [3.63, 3.8) is 0 Å². The van der Waals surface area contributed by atoms with Crippen LogP contribution in [-0.2, 0) is 54.0 Å². The van der Waals surface area contributed by atoms with Gasteiger partial charge in [-0.25, -0.2) is 19.2 Å².